The van der Waals surface area contributed by atoms with Crippen molar-refractivity contribution in [1.82, 2.24) is 10.2 Å². The highest BCUT2D eigenvalue weighted by molar-refractivity contribution is 5.48. The van der Waals surface area contributed by atoms with Gasteiger partial charge in [-0.05, 0) is 51.9 Å². The van der Waals surface area contributed by atoms with Crippen molar-refractivity contribution in [3.05, 3.63) is 23.8 Å². The number of nitrogens with one attached hydrogen (secondary N) is 1. The molecule has 4 heteroatoms. The molecule has 0 aliphatic carbocycles. The summed E-state index contributed by atoms with van der Waals surface area (Å²) >= 11 is 0. The number of piperidine rings is 1. The lowest BCUT2D eigenvalue weighted by Gasteiger charge is -2.31. The van der Waals surface area contributed by atoms with Gasteiger partial charge in [0.25, 0.3) is 0 Å². The van der Waals surface area contributed by atoms with Crippen molar-refractivity contribution < 1.29 is 9.47 Å². The molecule has 2 heterocycles. The largest absolute Gasteiger partial charge is 0.493 e. The van der Waals surface area contributed by atoms with Crippen molar-refractivity contribution >= 4 is 0 Å². The van der Waals surface area contributed by atoms with E-state index in [0.29, 0.717) is 6.04 Å². The van der Waals surface area contributed by atoms with Gasteiger partial charge in [-0.15, -0.1) is 0 Å². The second-order valence-electron chi connectivity index (χ2n) is 6.17. The van der Waals surface area contributed by atoms with E-state index in [9.17, 15) is 0 Å². The monoisotopic (exact) mass is 290 g/mol. The zero-order valence-corrected chi connectivity index (χ0v) is 13.1. The lowest BCUT2D eigenvalue weighted by Crippen LogP contribution is -2.38. The van der Waals surface area contributed by atoms with Gasteiger partial charge in [-0.25, -0.2) is 0 Å². The Labute approximate surface area is 127 Å². The van der Waals surface area contributed by atoms with Crippen LogP contribution in [0.5, 0.6) is 11.5 Å². The summed E-state index contributed by atoms with van der Waals surface area (Å²) in [5.41, 5.74) is 1.25. The Morgan fingerprint density at radius 2 is 2.14 bits per heavy atom. The van der Waals surface area contributed by atoms with E-state index in [2.05, 4.69) is 29.4 Å². The number of rotatable bonds is 4. The molecule has 0 saturated carbocycles. The van der Waals surface area contributed by atoms with E-state index >= 15 is 0 Å². The predicted octanol–water partition coefficient (Wildman–Crippen LogP) is 2.59. The Morgan fingerprint density at radius 3 is 2.86 bits per heavy atom. The molecule has 0 amide bonds. The van der Waals surface area contributed by atoms with E-state index in [1.54, 1.807) is 7.11 Å². The Kier molecular flexibility index (Phi) is 4.66. The van der Waals surface area contributed by atoms with E-state index < -0.39 is 0 Å². The zero-order valence-electron chi connectivity index (χ0n) is 13.1. The Balaban J connectivity index is 1.83. The van der Waals surface area contributed by atoms with Gasteiger partial charge in [0.15, 0.2) is 11.5 Å². The molecule has 2 aliphatic rings. The van der Waals surface area contributed by atoms with Crippen LogP contribution < -0.4 is 14.8 Å². The number of likely N-dealkylation sites (tertiary alicyclic amines) is 1. The topological polar surface area (TPSA) is 33.7 Å². The summed E-state index contributed by atoms with van der Waals surface area (Å²) in [4.78, 5) is 2.34. The second kappa shape index (κ2) is 6.67. The molecule has 1 N–H and O–H groups in total. The number of likely N-dealkylation sites (N-methyl/N-ethyl adjacent to an activating group) is 1. The van der Waals surface area contributed by atoms with Crippen molar-refractivity contribution in [3.63, 3.8) is 0 Å². The lowest BCUT2D eigenvalue weighted by atomic mass is 10.0. The van der Waals surface area contributed by atoms with Gasteiger partial charge in [0.2, 0.25) is 0 Å². The third-order valence-electron chi connectivity index (χ3n) is 4.53. The molecule has 0 spiro atoms. The number of nitrogens with zero attached hydrogens (tertiary/aromatic N) is 1. The molecule has 2 unspecified atom stereocenters. The molecule has 0 radical (unpaired) electrons. The quantitative estimate of drug-likeness (QED) is 0.924. The minimum absolute atomic E-state index is 0.264. The van der Waals surface area contributed by atoms with Crippen molar-refractivity contribution in [1.29, 1.82) is 0 Å². The molecule has 1 aromatic carbocycles. The highest BCUT2D eigenvalue weighted by Gasteiger charge is 2.26. The minimum Gasteiger partial charge on any atom is -0.493 e. The highest BCUT2D eigenvalue weighted by Crippen LogP contribution is 2.39. The molecular formula is C17H26N2O2. The molecule has 4 nitrogen and oxygen atoms in total. The predicted molar refractivity (Wildman–Crippen MR) is 84.1 cm³/mol. The van der Waals surface area contributed by atoms with Crippen LogP contribution in [0, 0.1) is 0 Å². The fourth-order valence-corrected chi connectivity index (χ4v) is 3.43. The van der Waals surface area contributed by atoms with Gasteiger partial charge in [0, 0.05) is 18.2 Å². The van der Waals surface area contributed by atoms with Crippen molar-refractivity contribution in [2.24, 2.45) is 0 Å². The van der Waals surface area contributed by atoms with Gasteiger partial charge in [-0.1, -0.05) is 12.1 Å². The number of hydrogen-bond acceptors (Lipinski definition) is 4. The molecular weight excluding hydrogens is 264 g/mol. The molecule has 2 aliphatic heterocycles. The first-order valence-electron chi connectivity index (χ1n) is 8.03. The third-order valence-corrected chi connectivity index (χ3v) is 4.53. The van der Waals surface area contributed by atoms with Gasteiger partial charge in [0.05, 0.1) is 7.11 Å². The van der Waals surface area contributed by atoms with Crippen LogP contribution in [0.4, 0.5) is 0 Å². The molecule has 0 aromatic heterocycles. The number of para-hydroxylation sites is 1. The zero-order chi connectivity index (χ0) is 14.7. The van der Waals surface area contributed by atoms with E-state index in [0.717, 1.165) is 31.0 Å². The lowest BCUT2D eigenvalue weighted by molar-refractivity contribution is 0.0997. The van der Waals surface area contributed by atoms with Crippen LogP contribution in [0.25, 0.3) is 0 Å². The highest BCUT2D eigenvalue weighted by atomic mass is 16.5. The maximum atomic E-state index is 6.38. The Morgan fingerprint density at radius 1 is 1.24 bits per heavy atom. The summed E-state index contributed by atoms with van der Waals surface area (Å²) in [6, 6.07) is 6.64. The third kappa shape index (κ3) is 3.33. The molecule has 0 bridgehead atoms. The fourth-order valence-electron chi connectivity index (χ4n) is 3.43. The van der Waals surface area contributed by atoms with E-state index in [1.807, 2.05) is 6.07 Å². The number of hydrogen-bond donors (Lipinski definition) is 1. The van der Waals surface area contributed by atoms with Gasteiger partial charge in [0.1, 0.15) is 6.10 Å². The summed E-state index contributed by atoms with van der Waals surface area (Å²) in [5.74, 6) is 1.80. The standard InChI is InChI=1S/C17H26N2O2/c1-19-11-5-6-13(12-19)21-17-14(15-8-4-10-18-15)7-3-9-16(17)20-2/h3,7,9,13,15,18H,4-6,8,10-12H2,1-2H3. The summed E-state index contributed by atoms with van der Waals surface area (Å²) in [6.45, 7) is 3.26. The normalized spacial score (nSPS) is 26.8. The molecule has 2 saturated heterocycles. The first-order valence-corrected chi connectivity index (χ1v) is 8.03. The van der Waals surface area contributed by atoms with Crippen molar-refractivity contribution in [2.45, 2.75) is 37.8 Å². The van der Waals surface area contributed by atoms with Crippen molar-refractivity contribution in [3.8, 4) is 11.5 Å². The molecule has 2 fully saturated rings. The van der Waals surface area contributed by atoms with Gasteiger partial charge < -0.3 is 19.7 Å². The summed E-state index contributed by atoms with van der Waals surface area (Å²) in [6.07, 6.45) is 5.00. The van der Waals surface area contributed by atoms with Crippen LogP contribution in [-0.4, -0.2) is 44.8 Å². The molecule has 2 atom stereocenters. The Bertz CT molecular complexity index is 472. The minimum atomic E-state index is 0.264. The number of benzene rings is 1. The van der Waals surface area contributed by atoms with E-state index in [-0.39, 0.29) is 6.10 Å². The van der Waals surface area contributed by atoms with Crippen LogP contribution in [0.15, 0.2) is 18.2 Å². The van der Waals surface area contributed by atoms with Gasteiger partial charge >= 0.3 is 0 Å². The van der Waals surface area contributed by atoms with Crippen LogP contribution in [-0.2, 0) is 0 Å². The molecule has 3 rings (SSSR count). The maximum Gasteiger partial charge on any atom is 0.166 e. The molecule has 116 valence electrons. The maximum absolute atomic E-state index is 6.38. The molecule has 21 heavy (non-hydrogen) atoms. The van der Waals surface area contributed by atoms with E-state index in [1.165, 1.54) is 31.4 Å². The summed E-state index contributed by atoms with van der Waals surface area (Å²) in [7, 11) is 3.89. The second-order valence-corrected chi connectivity index (χ2v) is 6.17. The SMILES string of the molecule is COc1cccc(C2CCCN2)c1OC1CCCN(C)C1. The first-order chi connectivity index (χ1) is 10.3. The average molecular weight is 290 g/mol. The van der Waals surface area contributed by atoms with Crippen LogP contribution in [0.3, 0.4) is 0 Å². The summed E-state index contributed by atoms with van der Waals surface area (Å²) < 4.78 is 11.9. The first kappa shape index (κ1) is 14.7. The van der Waals surface area contributed by atoms with E-state index in [4.69, 9.17) is 9.47 Å². The van der Waals surface area contributed by atoms with Crippen LogP contribution in [0.2, 0.25) is 0 Å². The van der Waals surface area contributed by atoms with Gasteiger partial charge in [-0.3, -0.25) is 0 Å². The fraction of sp³-hybridized carbons (Fsp3) is 0.647. The Hall–Kier alpha value is -1.26. The van der Waals surface area contributed by atoms with Crippen molar-refractivity contribution in [2.75, 3.05) is 33.8 Å². The van der Waals surface area contributed by atoms with Crippen LogP contribution >= 0.6 is 0 Å². The smallest absolute Gasteiger partial charge is 0.166 e. The number of ether oxygens (including phenoxy) is 2. The number of methoxy groups -OCH3 is 1. The molecule has 1 aromatic rings. The van der Waals surface area contributed by atoms with Gasteiger partial charge in [-0.2, -0.15) is 0 Å². The summed E-state index contributed by atoms with van der Waals surface area (Å²) in [5, 5.41) is 3.56. The average Bonchev–Trinajstić information content (AvgIpc) is 3.01. The van der Waals surface area contributed by atoms with Crippen LogP contribution in [0.1, 0.15) is 37.3 Å².